The lowest BCUT2D eigenvalue weighted by molar-refractivity contribution is -0.152. The molecule has 1 aromatic carbocycles. The number of alkyl halides is 1. The Bertz CT molecular complexity index is 939. The molecule has 0 bridgehead atoms. The van der Waals surface area contributed by atoms with Gasteiger partial charge in [0.2, 0.25) is 0 Å². The molecule has 3 rings (SSSR count). The Kier molecular flexibility index (Phi) is 8.02. The van der Waals surface area contributed by atoms with E-state index in [2.05, 4.69) is 0 Å². The fourth-order valence-electron chi connectivity index (χ4n) is 3.85. The van der Waals surface area contributed by atoms with Crippen LogP contribution in [0.5, 0.6) is 11.5 Å². The van der Waals surface area contributed by atoms with Crippen molar-refractivity contribution in [2.45, 2.75) is 70.0 Å². The van der Waals surface area contributed by atoms with Gasteiger partial charge in [-0.15, -0.1) is 0 Å². The van der Waals surface area contributed by atoms with E-state index in [1.165, 1.54) is 46.3 Å². The maximum atomic E-state index is 15.4. The Morgan fingerprint density at radius 2 is 1.94 bits per heavy atom. The van der Waals surface area contributed by atoms with Crippen molar-refractivity contribution in [1.29, 1.82) is 0 Å². The summed E-state index contributed by atoms with van der Waals surface area (Å²) >= 11 is 0. The summed E-state index contributed by atoms with van der Waals surface area (Å²) in [5.74, 6) is -1.06. The number of fused-ring (bicyclic) bond motifs is 2. The van der Waals surface area contributed by atoms with Crippen molar-refractivity contribution in [2.24, 2.45) is 0 Å². The molecule has 9 heteroatoms. The molecular formula is C25H33FO8. The second-order valence-corrected chi connectivity index (χ2v) is 8.97. The molecule has 2 aliphatic heterocycles. The quantitative estimate of drug-likeness (QED) is 0.395. The van der Waals surface area contributed by atoms with Gasteiger partial charge in [0.15, 0.2) is 18.2 Å². The van der Waals surface area contributed by atoms with Crippen molar-refractivity contribution in [2.75, 3.05) is 21.0 Å². The monoisotopic (exact) mass is 480 g/mol. The van der Waals surface area contributed by atoms with Crippen molar-refractivity contribution in [3.63, 3.8) is 0 Å². The third-order valence-corrected chi connectivity index (χ3v) is 5.80. The first-order valence-corrected chi connectivity index (χ1v) is 11.1. The number of benzene rings is 1. The van der Waals surface area contributed by atoms with Crippen LogP contribution < -0.4 is 9.47 Å². The number of hydrogen-bond acceptors (Lipinski definition) is 8. The van der Waals surface area contributed by atoms with E-state index in [1.807, 2.05) is 0 Å². The highest BCUT2D eigenvalue weighted by Crippen LogP contribution is 2.35. The number of carbonyl (C=O) groups excluding carboxylic acids is 1. The van der Waals surface area contributed by atoms with Crippen molar-refractivity contribution in [1.82, 2.24) is 0 Å². The number of rotatable bonds is 4. The predicted molar refractivity (Wildman–Crippen MR) is 123 cm³/mol. The first kappa shape index (κ1) is 26.2. The summed E-state index contributed by atoms with van der Waals surface area (Å²) in [6.45, 7) is 6.10. The largest absolute Gasteiger partial charge is 0.497 e. The third kappa shape index (κ3) is 5.96. The molecule has 188 valence electrons. The molecule has 1 fully saturated rings. The Morgan fingerprint density at radius 3 is 2.62 bits per heavy atom. The van der Waals surface area contributed by atoms with E-state index in [-0.39, 0.29) is 18.1 Å². The number of ether oxygens (including phenoxy) is 6. The molecule has 0 spiro atoms. The highest BCUT2D eigenvalue weighted by Gasteiger charge is 2.44. The summed E-state index contributed by atoms with van der Waals surface area (Å²) in [5.41, 5.74) is -1.51. The van der Waals surface area contributed by atoms with Gasteiger partial charge in [-0.05, 0) is 51.8 Å². The Labute approximate surface area is 199 Å². The van der Waals surface area contributed by atoms with Crippen LogP contribution in [-0.2, 0) is 18.9 Å². The van der Waals surface area contributed by atoms with Gasteiger partial charge in [-0.25, -0.2) is 9.18 Å². The lowest BCUT2D eigenvalue weighted by Crippen LogP contribution is -2.37. The molecule has 4 unspecified atom stereocenters. The van der Waals surface area contributed by atoms with E-state index in [1.54, 1.807) is 32.1 Å². The van der Waals surface area contributed by atoms with E-state index in [9.17, 15) is 9.90 Å². The average Bonchev–Trinajstić information content (AvgIpc) is 3.09. The maximum absolute atomic E-state index is 15.4. The first-order valence-electron chi connectivity index (χ1n) is 11.1. The zero-order chi connectivity index (χ0) is 25.1. The van der Waals surface area contributed by atoms with Crippen molar-refractivity contribution in [3.8, 4) is 11.5 Å². The standard InChI is InChI=1S/C25H33FO8/c1-15-25(4,26)11-10-18(27)22-19(33-24(2,3)34-22)9-7-8-16-12-17(30-6)13-20(31-14-29-5)21(16)23(28)32-15/h7-8,10-13,15,18-19,22,27H,9,14H2,1-6H3/b8-7+,11-10-/t15?,18?,19-,22?,25?/m0/s1. The zero-order valence-corrected chi connectivity index (χ0v) is 20.4. The van der Waals surface area contributed by atoms with Crippen molar-refractivity contribution >= 4 is 12.0 Å². The molecule has 2 aliphatic rings. The summed E-state index contributed by atoms with van der Waals surface area (Å²) in [4.78, 5) is 13.2. The van der Waals surface area contributed by atoms with Gasteiger partial charge in [-0.3, -0.25) is 0 Å². The van der Waals surface area contributed by atoms with Gasteiger partial charge in [0.1, 0.15) is 35.4 Å². The highest BCUT2D eigenvalue weighted by molar-refractivity contribution is 5.97. The Hall–Kier alpha value is -2.46. The molecule has 2 heterocycles. The van der Waals surface area contributed by atoms with Crippen LogP contribution in [0.3, 0.4) is 0 Å². The minimum absolute atomic E-state index is 0.110. The maximum Gasteiger partial charge on any atom is 0.342 e. The topological polar surface area (TPSA) is 92.7 Å². The lowest BCUT2D eigenvalue weighted by atomic mass is 9.97. The molecule has 1 N–H and O–H groups in total. The summed E-state index contributed by atoms with van der Waals surface area (Å²) in [5, 5.41) is 10.7. The van der Waals surface area contributed by atoms with Crippen LogP contribution in [0, 0.1) is 0 Å². The summed E-state index contributed by atoms with van der Waals surface area (Å²) in [7, 11) is 2.95. The molecule has 0 saturated carbocycles. The van der Waals surface area contributed by atoms with Crippen molar-refractivity contribution in [3.05, 3.63) is 41.5 Å². The number of methoxy groups -OCH3 is 2. The van der Waals surface area contributed by atoms with Gasteiger partial charge in [0.25, 0.3) is 0 Å². The van der Waals surface area contributed by atoms with Gasteiger partial charge in [0, 0.05) is 13.2 Å². The molecule has 0 amide bonds. The minimum Gasteiger partial charge on any atom is -0.497 e. The first-order chi connectivity index (χ1) is 16.0. The Balaban J connectivity index is 2.10. The fourth-order valence-corrected chi connectivity index (χ4v) is 3.85. The van der Waals surface area contributed by atoms with Gasteiger partial charge >= 0.3 is 5.97 Å². The van der Waals surface area contributed by atoms with E-state index in [0.29, 0.717) is 17.7 Å². The number of esters is 1. The molecular weight excluding hydrogens is 447 g/mol. The number of hydrogen-bond donors (Lipinski definition) is 1. The summed E-state index contributed by atoms with van der Waals surface area (Å²) in [6, 6.07) is 3.19. The summed E-state index contributed by atoms with van der Waals surface area (Å²) < 4.78 is 48.7. The van der Waals surface area contributed by atoms with E-state index in [0.717, 1.165) is 0 Å². The molecule has 0 aliphatic carbocycles. The predicted octanol–water partition coefficient (Wildman–Crippen LogP) is 3.81. The van der Waals surface area contributed by atoms with Gasteiger partial charge in [0.05, 0.1) is 13.2 Å². The van der Waals surface area contributed by atoms with Crippen LogP contribution in [0.15, 0.2) is 30.4 Å². The molecule has 0 aromatic heterocycles. The molecule has 34 heavy (non-hydrogen) atoms. The normalized spacial score (nSPS) is 33.1. The molecule has 5 atom stereocenters. The van der Waals surface area contributed by atoms with Crippen LogP contribution >= 0.6 is 0 Å². The molecule has 1 aromatic rings. The molecule has 1 saturated heterocycles. The second-order valence-electron chi connectivity index (χ2n) is 8.97. The smallest absolute Gasteiger partial charge is 0.342 e. The lowest BCUT2D eigenvalue weighted by Gasteiger charge is -2.26. The van der Waals surface area contributed by atoms with E-state index in [4.69, 9.17) is 28.4 Å². The van der Waals surface area contributed by atoms with Crippen LogP contribution in [0.25, 0.3) is 6.08 Å². The summed E-state index contributed by atoms with van der Waals surface area (Å²) in [6.07, 6.45) is 2.87. The number of aliphatic hydroxyl groups excluding tert-OH is 1. The van der Waals surface area contributed by atoms with Crippen LogP contribution in [-0.4, -0.2) is 68.0 Å². The third-order valence-electron chi connectivity index (χ3n) is 5.80. The van der Waals surface area contributed by atoms with E-state index < -0.39 is 41.8 Å². The van der Waals surface area contributed by atoms with E-state index >= 15 is 4.39 Å². The zero-order valence-electron chi connectivity index (χ0n) is 20.4. The van der Waals surface area contributed by atoms with Gasteiger partial charge in [-0.2, -0.15) is 0 Å². The number of halogens is 1. The van der Waals surface area contributed by atoms with Crippen molar-refractivity contribution < 1.29 is 42.7 Å². The highest BCUT2D eigenvalue weighted by atomic mass is 19.1. The van der Waals surface area contributed by atoms with Crippen LogP contribution in [0.2, 0.25) is 0 Å². The number of cyclic esters (lactones) is 1. The fraction of sp³-hybridized carbons (Fsp3) is 0.560. The second kappa shape index (κ2) is 10.4. The molecule has 8 nitrogen and oxygen atoms in total. The van der Waals surface area contributed by atoms with Crippen LogP contribution in [0.1, 0.15) is 50.0 Å². The number of carbonyl (C=O) groups is 1. The minimum atomic E-state index is -2.07. The average molecular weight is 481 g/mol. The molecule has 0 radical (unpaired) electrons. The number of aliphatic hydroxyl groups is 1. The Morgan fingerprint density at radius 1 is 1.21 bits per heavy atom. The van der Waals surface area contributed by atoms with Crippen LogP contribution in [0.4, 0.5) is 4.39 Å². The SMILES string of the molecule is COCOc1cc(OC)cc2c1C(=O)OC(C)C(C)(F)/C=C\C(O)C1OC(C)(C)O[C@H]1C/C=C/2. The van der Waals surface area contributed by atoms with Gasteiger partial charge < -0.3 is 33.5 Å². The van der Waals surface area contributed by atoms with Gasteiger partial charge in [-0.1, -0.05) is 18.2 Å².